The number of benzene rings is 10. The summed E-state index contributed by atoms with van der Waals surface area (Å²) in [5.41, 5.74) is 5.62. The molecule has 2 aliphatic rings. The smallest absolute Gasteiger partial charge is 0.347 e. The van der Waals surface area contributed by atoms with Crippen molar-refractivity contribution in [3.05, 3.63) is 267 Å². The van der Waals surface area contributed by atoms with Crippen molar-refractivity contribution in [2.75, 3.05) is 0 Å². The number of fused-ring (bicyclic) bond motifs is 20. The fourth-order valence-electron chi connectivity index (χ4n) is 11.6. The number of hydrogen-bond donors (Lipinski definition) is 2. The third-order valence-electron chi connectivity index (χ3n) is 15.2. The van der Waals surface area contributed by atoms with E-state index in [1.54, 1.807) is 0 Å². The lowest BCUT2D eigenvalue weighted by Crippen LogP contribution is -2.72. The molecule has 0 unspecified atom stereocenters. The molecule has 5 heterocycles. The summed E-state index contributed by atoms with van der Waals surface area (Å²) < 4.78 is 16.6. The lowest BCUT2D eigenvalue weighted by Gasteiger charge is -2.37. The minimum atomic E-state index is -3.64. The van der Waals surface area contributed by atoms with Crippen LogP contribution in [0.3, 0.4) is 0 Å². The lowest BCUT2D eigenvalue weighted by molar-refractivity contribution is 0.511. The first kappa shape index (κ1) is 46.9. The van der Waals surface area contributed by atoms with E-state index in [-0.39, 0.29) is 0 Å². The molecule has 0 spiro atoms. The van der Waals surface area contributed by atoms with Crippen LogP contribution < -0.4 is 40.0 Å². The van der Waals surface area contributed by atoms with Crippen molar-refractivity contribution in [3.63, 3.8) is 0 Å². The zero-order valence-corrected chi connectivity index (χ0v) is 44.9. The van der Waals surface area contributed by atoms with Crippen molar-refractivity contribution in [3.8, 4) is 57.1 Å². The van der Waals surface area contributed by atoms with Gasteiger partial charge in [0.2, 0.25) is 0 Å². The molecule has 10 nitrogen and oxygen atoms in total. The molecule has 378 valence electrons. The molecule has 10 aromatic carbocycles. The van der Waals surface area contributed by atoms with Gasteiger partial charge in [-0.25, -0.2) is 29.9 Å². The quantitative estimate of drug-likeness (QED) is 0.102. The SMILES string of the molecule is c1ccc([Si](Oc2ccc3c4nc5nc(nc6[nH]c(nc7nc(nc([nH]4)c3c2O[Si](c2ccccc2)(c2ccccc2)c2ccccc2)-c2ccccc2-7)c2ccccc62)-c2ccccc2-5)(c2ccccc2)c2ccccc2)cc1. The molecule has 0 radical (unpaired) electrons. The molecule has 2 N–H and O–H groups in total. The summed E-state index contributed by atoms with van der Waals surface area (Å²) >= 11 is 0. The van der Waals surface area contributed by atoms with Crippen LogP contribution in [0.15, 0.2) is 267 Å². The van der Waals surface area contributed by atoms with Gasteiger partial charge in [-0.2, -0.15) is 0 Å². The van der Waals surface area contributed by atoms with E-state index in [9.17, 15) is 0 Å². The topological polar surface area (TPSA) is 127 Å². The van der Waals surface area contributed by atoms with Gasteiger partial charge < -0.3 is 18.8 Å². The highest BCUT2D eigenvalue weighted by atomic mass is 28.4. The zero-order valence-electron chi connectivity index (χ0n) is 42.9. The van der Waals surface area contributed by atoms with Crippen molar-refractivity contribution < 1.29 is 8.85 Å². The summed E-state index contributed by atoms with van der Waals surface area (Å²) in [6.45, 7) is 0. The number of hydrogen-bond acceptors (Lipinski definition) is 8. The van der Waals surface area contributed by atoms with Gasteiger partial charge in [-0.3, -0.25) is 0 Å². The molecule has 0 saturated heterocycles. The van der Waals surface area contributed by atoms with Crippen LogP contribution >= 0.6 is 0 Å². The maximum Gasteiger partial charge on any atom is 0.347 e. The molecule has 8 bridgehead atoms. The Morgan fingerprint density at radius 1 is 0.250 bits per heavy atom. The third kappa shape index (κ3) is 7.68. The standard InChI is InChI=1S/C68H46N8O2Si2/c1-7-25-45(26-8-1)79(46-27-9-2-10-28-46,47-29-11-3-12-30-47)77-58-44-43-57-59(60(58)78-80(48-31-13-4-14-32-48,49-33-15-5-16-34-49)50-35-17-6-18-36-50)68-75-66-56-42-24-23-41-55(56)64(73-66)71-62-52-38-20-19-37-51(52)61(69-62)70-63-53-39-21-22-40-54(53)65(72-63)74-67(57)76-68/h1-44H,(H2,69,70,71,72,73,74,75,76). The molecule has 13 aromatic rings. The van der Waals surface area contributed by atoms with Crippen LogP contribution in [-0.2, 0) is 0 Å². The number of H-pyrrole nitrogens is 2. The van der Waals surface area contributed by atoms with Gasteiger partial charge in [-0.15, -0.1) is 0 Å². The van der Waals surface area contributed by atoms with Gasteiger partial charge in [0.1, 0.15) is 28.3 Å². The molecule has 0 atom stereocenters. The second kappa shape index (κ2) is 19.3. The van der Waals surface area contributed by atoms with Gasteiger partial charge in [0.05, 0.1) is 5.39 Å². The Bertz CT molecular complexity index is 4470. The normalized spacial score (nSPS) is 12.0. The Kier molecular flexibility index (Phi) is 11.3. The number of rotatable bonds is 10. The van der Waals surface area contributed by atoms with Gasteiger partial charge in [0.25, 0.3) is 0 Å². The predicted octanol–water partition coefficient (Wildman–Crippen LogP) is 11.0. The minimum Gasteiger partial charge on any atom is -0.528 e. The highest BCUT2D eigenvalue weighted by molar-refractivity contribution is 7.08. The fourth-order valence-corrected chi connectivity index (χ4v) is 19.2. The van der Waals surface area contributed by atoms with Crippen LogP contribution in [0.4, 0.5) is 0 Å². The highest BCUT2D eigenvalue weighted by Gasteiger charge is 2.48. The summed E-state index contributed by atoms with van der Waals surface area (Å²) in [5.74, 6) is 3.04. The Morgan fingerprint density at radius 2 is 0.537 bits per heavy atom. The number of nitrogens with one attached hydrogen (secondary N) is 2. The maximum absolute atomic E-state index is 8.43. The Morgan fingerprint density at radius 3 is 0.900 bits per heavy atom. The van der Waals surface area contributed by atoms with Crippen LogP contribution in [0.5, 0.6) is 11.5 Å². The summed E-state index contributed by atoms with van der Waals surface area (Å²) in [6, 6.07) is 92.2. The van der Waals surface area contributed by atoms with Crippen LogP contribution in [0.1, 0.15) is 0 Å². The van der Waals surface area contributed by atoms with E-state index in [0.29, 0.717) is 62.8 Å². The number of aromatic nitrogens is 8. The van der Waals surface area contributed by atoms with E-state index in [4.69, 9.17) is 38.8 Å². The van der Waals surface area contributed by atoms with Crippen LogP contribution in [-0.4, -0.2) is 56.5 Å². The first-order chi connectivity index (χ1) is 39.6. The van der Waals surface area contributed by atoms with Crippen LogP contribution in [0.25, 0.3) is 89.7 Å². The molecule has 2 aliphatic heterocycles. The lowest BCUT2D eigenvalue weighted by atomic mass is 10.1. The molecule has 3 aromatic heterocycles. The minimum absolute atomic E-state index is 0.470. The highest BCUT2D eigenvalue weighted by Crippen LogP contribution is 2.44. The maximum atomic E-state index is 8.43. The second-order valence-corrected chi connectivity index (χ2v) is 26.4. The number of aromatic amines is 2. The third-order valence-corrected chi connectivity index (χ3v) is 23.2. The summed E-state index contributed by atoms with van der Waals surface area (Å²) in [4.78, 5) is 39.5. The van der Waals surface area contributed by atoms with E-state index in [0.717, 1.165) is 69.5 Å². The molecule has 0 amide bonds. The second-order valence-electron chi connectivity index (χ2n) is 19.8. The molecule has 0 saturated carbocycles. The Hall–Kier alpha value is -10.4. The van der Waals surface area contributed by atoms with E-state index in [1.807, 2.05) is 72.8 Å². The number of nitrogens with zero attached hydrogens (tertiary/aromatic N) is 6. The molecule has 15 rings (SSSR count). The van der Waals surface area contributed by atoms with Gasteiger partial charge >= 0.3 is 16.6 Å². The first-order valence-electron chi connectivity index (χ1n) is 26.6. The molecule has 80 heavy (non-hydrogen) atoms. The van der Waals surface area contributed by atoms with Gasteiger partial charge in [-0.1, -0.05) is 255 Å². The van der Waals surface area contributed by atoms with Gasteiger partial charge in [0, 0.05) is 38.4 Å². The Balaban J connectivity index is 1.12. The van der Waals surface area contributed by atoms with Crippen LogP contribution in [0.2, 0.25) is 0 Å². The molecule has 0 fully saturated rings. The fraction of sp³-hybridized carbons (Fsp3) is 0. The van der Waals surface area contributed by atoms with E-state index in [2.05, 4.69) is 204 Å². The van der Waals surface area contributed by atoms with Gasteiger partial charge in [0.15, 0.2) is 29.0 Å². The van der Waals surface area contributed by atoms with Crippen molar-refractivity contribution in [2.24, 2.45) is 0 Å². The summed E-state index contributed by atoms with van der Waals surface area (Å²) in [6.07, 6.45) is 0. The van der Waals surface area contributed by atoms with Crippen LogP contribution in [0, 0.1) is 0 Å². The monoisotopic (exact) mass is 1060 g/mol. The average molecular weight is 1060 g/mol. The van der Waals surface area contributed by atoms with E-state index in [1.165, 1.54) is 0 Å². The molecule has 0 aliphatic carbocycles. The predicted molar refractivity (Wildman–Crippen MR) is 325 cm³/mol. The molecular formula is C68H46N8O2Si2. The van der Waals surface area contributed by atoms with E-state index >= 15 is 0 Å². The largest absolute Gasteiger partial charge is 0.528 e. The summed E-state index contributed by atoms with van der Waals surface area (Å²) in [5, 5.41) is 9.53. The zero-order chi connectivity index (χ0) is 53.0. The van der Waals surface area contributed by atoms with Crippen molar-refractivity contribution in [1.29, 1.82) is 0 Å². The molecular weight excluding hydrogens is 1020 g/mol. The van der Waals surface area contributed by atoms with Gasteiger partial charge in [-0.05, 0) is 43.3 Å². The summed E-state index contributed by atoms with van der Waals surface area (Å²) in [7, 11) is -7.17. The van der Waals surface area contributed by atoms with E-state index < -0.39 is 16.6 Å². The average Bonchev–Trinajstić information content (AvgIpc) is 4.28. The van der Waals surface area contributed by atoms with Crippen molar-refractivity contribution >= 4 is 91.9 Å². The Labute approximate surface area is 462 Å². The first-order valence-corrected chi connectivity index (χ1v) is 30.4. The van der Waals surface area contributed by atoms with Crippen molar-refractivity contribution in [2.45, 2.75) is 0 Å². The van der Waals surface area contributed by atoms with Crippen molar-refractivity contribution in [1.82, 2.24) is 39.9 Å². The molecule has 12 heteroatoms.